The van der Waals surface area contributed by atoms with Gasteiger partial charge in [0.25, 0.3) is 5.91 Å². The number of phenolic OH excluding ortho intramolecular Hbond substituents is 1. The van der Waals surface area contributed by atoms with Crippen LogP contribution >= 0.6 is 0 Å². The molecule has 7 nitrogen and oxygen atoms in total. The predicted octanol–water partition coefficient (Wildman–Crippen LogP) is 1.93. The average Bonchev–Trinajstić information content (AvgIpc) is 3.17. The van der Waals surface area contributed by atoms with Crippen LogP contribution in [0.4, 0.5) is 5.95 Å². The second kappa shape index (κ2) is 6.74. The van der Waals surface area contributed by atoms with Crippen LogP contribution in [-0.4, -0.2) is 69.5 Å². The molecular weight excluding hydrogens is 354 g/mol. The number of aromatic nitrogens is 2. The van der Waals surface area contributed by atoms with E-state index >= 15 is 0 Å². The minimum absolute atomic E-state index is 0.00839. The minimum Gasteiger partial charge on any atom is -0.508 e. The Morgan fingerprint density at radius 3 is 2.61 bits per heavy atom. The summed E-state index contributed by atoms with van der Waals surface area (Å²) in [5, 5.41) is 12.9. The fourth-order valence-electron chi connectivity index (χ4n) is 5.44. The van der Waals surface area contributed by atoms with Crippen LogP contribution in [0.5, 0.6) is 5.75 Å². The highest BCUT2D eigenvalue weighted by molar-refractivity contribution is 5.94. The number of rotatable bonds is 3. The van der Waals surface area contributed by atoms with Gasteiger partial charge in [0, 0.05) is 37.9 Å². The van der Waals surface area contributed by atoms with E-state index in [1.165, 1.54) is 0 Å². The van der Waals surface area contributed by atoms with E-state index in [1.54, 1.807) is 25.5 Å². The number of aromatic hydroxyl groups is 1. The summed E-state index contributed by atoms with van der Waals surface area (Å²) < 4.78 is 0. The Hall–Kier alpha value is -2.67. The quantitative estimate of drug-likeness (QED) is 0.848. The van der Waals surface area contributed by atoms with E-state index < -0.39 is 0 Å². The lowest BCUT2D eigenvalue weighted by molar-refractivity contribution is -0.00344. The van der Waals surface area contributed by atoms with Crippen LogP contribution in [0, 0.1) is 5.92 Å². The van der Waals surface area contributed by atoms with Crippen molar-refractivity contribution in [3.63, 3.8) is 0 Å². The Morgan fingerprint density at radius 2 is 1.93 bits per heavy atom. The van der Waals surface area contributed by atoms with Crippen molar-refractivity contribution in [2.45, 2.75) is 30.8 Å². The molecule has 0 radical (unpaired) electrons. The van der Waals surface area contributed by atoms with Crippen molar-refractivity contribution < 1.29 is 9.90 Å². The van der Waals surface area contributed by atoms with Gasteiger partial charge in [-0.2, -0.15) is 0 Å². The first-order valence-electron chi connectivity index (χ1n) is 9.99. The van der Waals surface area contributed by atoms with E-state index in [0.29, 0.717) is 30.0 Å². The van der Waals surface area contributed by atoms with Gasteiger partial charge >= 0.3 is 0 Å². The molecule has 1 aromatic heterocycles. The molecule has 4 aliphatic rings. The molecule has 4 aliphatic heterocycles. The first kappa shape index (κ1) is 17.4. The molecule has 7 heteroatoms. The number of hydrogen-bond acceptors (Lipinski definition) is 6. The van der Waals surface area contributed by atoms with E-state index in [2.05, 4.69) is 26.3 Å². The SMILES string of the molecule is CNc1ncc(C(=O)N2C[C@H](c3cccc(O)c3)[C@H]3[C@@H]2C2CCN3CC2)cn1. The van der Waals surface area contributed by atoms with Crippen molar-refractivity contribution in [1.29, 1.82) is 0 Å². The molecule has 0 saturated carbocycles. The highest BCUT2D eigenvalue weighted by Crippen LogP contribution is 2.47. The molecule has 2 bridgehead atoms. The van der Waals surface area contributed by atoms with Gasteiger partial charge in [0.15, 0.2) is 0 Å². The summed E-state index contributed by atoms with van der Waals surface area (Å²) in [7, 11) is 1.76. The number of likely N-dealkylation sites (tertiary alicyclic amines) is 1. The van der Waals surface area contributed by atoms with Crippen molar-refractivity contribution in [2.24, 2.45) is 5.92 Å². The summed E-state index contributed by atoms with van der Waals surface area (Å²) in [6.45, 7) is 2.87. The number of anilines is 1. The van der Waals surface area contributed by atoms with E-state index in [1.807, 2.05) is 17.0 Å². The van der Waals surface area contributed by atoms with Crippen LogP contribution in [0.3, 0.4) is 0 Å². The van der Waals surface area contributed by atoms with Gasteiger partial charge in [-0.15, -0.1) is 0 Å². The Kier molecular flexibility index (Phi) is 4.19. The zero-order valence-corrected chi connectivity index (χ0v) is 16.0. The molecule has 5 heterocycles. The maximum absolute atomic E-state index is 13.4. The zero-order chi connectivity index (χ0) is 19.3. The third kappa shape index (κ3) is 2.73. The maximum atomic E-state index is 13.4. The molecule has 2 N–H and O–H groups in total. The molecule has 146 valence electrons. The fraction of sp³-hybridized carbons (Fsp3) is 0.476. The van der Waals surface area contributed by atoms with Gasteiger partial charge in [-0.1, -0.05) is 12.1 Å². The third-order valence-electron chi connectivity index (χ3n) is 6.68. The Labute approximate surface area is 164 Å². The first-order valence-corrected chi connectivity index (χ1v) is 9.99. The number of nitrogens with one attached hydrogen (secondary N) is 1. The molecule has 0 aliphatic carbocycles. The van der Waals surface area contributed by atoms with Crippen LogP contribution in [-0.2, 0) is 0 Å². The smallest absolute Gasteiger partial charge is 0.257 e. The Balaban J connectivity index is 1.50. The molecular formula is C21H25N5O2. The number of nitrogens with zero attached hydrogens (tertiary/aromatic N) is 4. The maximum Gasteiger partial charge on any atom is 0.257 e. The molecule has 2 aromatic rings. The molecule has 3 atom stereocenters. The van der Waals surface area contributed by atoms with Crippen LogP contribution in [0.1, 0.15) is 34.7 Å². The average molecular weight is 379 g/mol. The van der Waals surface area contributed by atoms with Gasteiger partial charge in [0.2, 0.25) is 5.95 Å². The molecule has 0 unspecified atom stereocenters. The van der Waals surface area contributed by atoms with Crippen LogP contribution in [0.2, 0.25) is 0 Å². The topological polar surface area (TPSA) is 81.6 Å². The summed E-state index contributed by atoms with van der Waals surface area (Å²) in [6, 6.07) is 8.05. The van der Waals surface area contributed by atoms with Crippen LogP contribution < -0.4 is 5.32 Å². The third-order valence-corrected chi connectivity index (χ3v) is 6.68. The fourth-order valence-corrected chi connectivity index (χ4v) is 5.44. The van der Waals surface area contributed by atoms with Crippen LogP contribution in [0.25, 0.3) is 0 Å². The molecule has 1 amide bonds. The van der Waals surface area contributed by atoms with Crippen molar-refractivity contribution in [2.75, 3.05) is 32.0 Å². The van der Waals surface area contributed by atoms with Crippen LogP contribution in [0.15, 0.2) is 36.7 Å². The lowest BCUT2D eigenvalue weighted by Gasteiger charge is -2.51. The summed E-state index contributed by atoms with van der Waals surface area (Å²) in [5.41, 5.74) is 1.64. The monoisotopic (exact) mass is 379 g/mol. The summed E-state index contributed by atoms with van der Waals surface area (Å²) in [6.07, 6.45) is 5.51. The van der Waals surface area contributed by atoms with Gasteiger partial charge in [-0.25, -0.2) is 9.97 Å². The predicted molar refractivity (Wildman–Crippen MR) is 105 cm³/mol. The van der Waals surface area contributed by atoms with Crippen molar-refractivity contribution in [1.82, 2.24) is 19.8 Å². The number of phenols is 1. The highest BCUT2D eigenvalue weighted by Gasteiger charge is 2.54. The second-order valence-electron chi connectivity index (χ2n) is 8.06. The van der Waals surface area contributed by atoms with Gasteiger partial charge in [-0.05, 0) is 49.5 Å². The highest BCUT2D eigenvalue weighted by atomic mass is 16.3. The van der Waals surface area contributed by atoms with Gasteiger partial charge in [0.05, 0.1) is 11.6 Å². The molecule has 6 rings (SSSR count). The number of carbonyl (C=O) groups excluding carboxylic acids is 1. The zero-order valence-electron chi connectivity index (χ0n) is 16.0. The molecule has 4 fully saturated rings. The molecule has 4 saturated heterocycles. The first-order chi connectivity index (χ1) is 13.7. The minimum atomic E-state index is 0.00839. The van der Waals surface area contributed by atoms with Crippen molar-refractivity contribution in [3.05, 3.63) is 47.8 Å². The number of hydrogen-bond donors (Lipinski definition) is 2. The largest absolute Gasteiger partial charge is 0.508 e. The van der Waals surface area contributed by atoms with Gasteiger partial charge < -0.3 is 15.3 Å². The van der Waals surface area contributed by atoms with E-state index in [-0.39, 0.29) is 23.6 Å². The van der Waals surface area contributed by atoms with Crippen molar-refractivity contribution in [3.8, 4) is 5.75 Å². The van der Waals surface area contributed by atoms with E-state index in [9.17, 15) is 9.90 Å². The van der Waals surface area contributed by atoms with Gasteiger partial charge in [-0.3, -0.25) is 9.69 Å². The second-order valence-corrected chi connectivity index (χ2v) is 8.06. The molecule has 0 spiro atoms. The molecule has 28 heavy (non-hydrogen) atoms. The summed E-state index contributed by atoms with van der Waals surface area (Å²) >= 11 is 0. The number of piperidine rings is 3. The standard InChI is InChI=1S/C21H25N5O2/c1-22-21-23-10-15(11-24-21)20(28)26-12-17(14-3-2-4-16(27)9-14)19-18(26)13-5-7-25(19)8-6-13/h2-4,9-11,13,17-19,27H,5-8,12H2,1H3,(H,22,23,24)/t17-,18+,19+/m1/s1. The Bertz CT molecular complexity index is 879. The lowest BCUT2D eigenvalue weighted by atomic mass is 9.75. The van der Waals surface area contributed by atoms with Crippen molar-refractivity contribution >= 4 is 11.9 Å². The number of amides is 1. The number of fused-ring (bicyclic) bond motifs is 2. The van der Waals surface area contributed by atoms with E-state index in [4.69, 9.17) is 0 Å². The number of benzene rings is 1. The van der Waals surface area contributed by atoms with Gasteiger partial charge in [0.1, 0.15) is 5.75 Å². The molecule has 1 aromatic carbocycles. The lowest BCUT2D eigenvalue weighted by Crippen LogP contribution is -2.60. The van der Waals surface area contributed by atoms with E-state index in [0.717, 1.165) is 31.5 Å². The number of carbonyl (C=O) groups is 1. The normalized spacial score (nSPS) is 30.9. The summed E-state index contributed by atoms with van der Waals surface area (Å²) in [4.78, 5) is 26.4. The summed E-state index contributed by atoms with van der Waals surface area (Å²) in [5.74, 6) is 1.55. The Morgan fingerprint density at radius 1 is 1.18 bits per heavy atom.